The third kappa shape index (κ3) is 1.69. The highest BCUT2D eigenvalue weighted by Crippen LogP contribution is 2.51. The Morgan fingerprint density at radius 3 is 1.80 bits per heavy atom. The van der Waals surface area contributed by atoms with Crippen molar-refractivity contribution in [1.29, 1.82) is 0 Å². The first-order valence-electron chi connectivity index (χ1n) is 6.48. The minimum absolute atomic E-state index is 0.803. The van der Waals surface area contributed by atoms with Crippen LogP contribution < -0.4 is 0 Å². The molecule has 3 aliphatic rings. The lowest BCUT2D eigenvalue weighted by molar-refractivity contribution is 0.575. The van der Waals surface area contributed by atoms with E-state index in [-0.39, 0.29) is 0 Å². The SMILES string of the molecule is CC1C2=C(CCCC2)SC2=C1CCCC2. The highest BCUT2D eigenvalue weighted by atomic mass is 32.2. The molecule has 0 nitrogen and oxygen atoms in total. The third-order valence-electron chi connectivity index (χ3n) is 4.21. The number of thioether (sulfide) groups is 1. The molecule has 0 fully saturated rings. The Bertz CT molecular complexity index is 303. The molecule has 0 aromatic heterocycles. The van der Waals surface area contributed by atoms with Gasteiger partial charge in [0.1, 0.15) is 0 Å². The number of hydrogen-bond acceptors (Lipinski definition) is 1. The average Bonchev–Trinajstić information content (AvgIpc) is 2.30. The molecule has 0 bridgehead atoms. The zero-order valence-corrected chi connectivity index (χ0v) is 10.5. The lowest BCUT2D eigenvalue weighted by Gasteiger charge is -2.35. The molecule has 0 radical (unpaired) electrons. The van der Waals surface area contributed by atoms with Crippen LogP contribution in [0.1, 0.15) is 58.3 Å². The summed E-state index contributed by atoms with van der Waals surface area (Å²) in [5.41, 5.74) is 3.62. The van der Waals surface area contributed by atoms with Gasteiger partial charge in [0.05, 0.1) is 0 Å². The van der Waals surface area contributed by atoms with Crippen LogP contribution in [0.3, 0.4) is 0 Å². The van der Waals surface area contributed by atoms with E-state index >= 15 is 0 Å². The van der Waals surface area contributed by atoms with Gasteiger partial charge in [0.2, 0.25) is 0 Å². The van der Waals surface area contributed by atoms with Crippen molar-refractivity contribution in [1.82, 2.24) is 0 Å². The standard InChI is InChI=1S/C14H20S/c1-10-11-6-2-4-8-13(11)15-14-9-5-3-7-12(10)14/h10H,2-9H2,1H3. The molecule has 0 atom stereocenters. The van der Waals surface area contributed by atoms with Gasteiger partial charge >= 0.3 is 0 Å². The fourth-order valence-corrected chi connectivity index (χ4v) is 4.92. The maximum atomic E-state index is 2.46. The second-order valence-corrected chi connectivity index (χ2v) is 6.32. The fourth-order valence-electron chi connectivity index (χ4n) is 3.31. The summed E-state index contributed by atoms with van der Waals surface area (Å²) in [6, 6.07) is 0. The zero-order valence-electron chi connectivity index (χ0n) is 9.64. The van der Waals surface area contributed by atoms with Crippen LogP contribution in [-0.4, -0.2) is 0 Å². The highest BCUT2D eigenvalue weighted by Gasteiger charge is 2.29. The molecule has 0 spiro atoms. The van der Waals surface area contributed by atoms with Gasteiger partial charge in [-0.05, 0) is 61.2 Å². The predicted octanol–water partition coefficient (Wildman–Crippen LogP) is 5.03. The van der Waals surface area contributed by atoms with Crippen molar-refractivity contribution in [2.45, 2.75) is 58.3 Å². The van der Waals surface area contributed by atoms with E-state index in [1.807, 2.05) is 11.1 Å². The Morgan fingerprint density at radius 1 is 0.800 bits per heavy atom. The second kappa shape index (κ2) is 4.01. The number of allylic oxidation sites excluding steroid dienone is 4. The summed E-state index contributed by atoms with van der Waals surface area (Å²) >= 11 is 2.16. The maximum absolute atomic E-state index is 2.46. The third-order valence-corrected chi connectivity index (χ3v) is 5.63. The lowest BCUT2D eigenvalue weighted by Crippen LogP contribution is -2.16. The van der Waals surface area contributed by atoms with Gasteiger partial charge in [0.15, 0.2) is 0 Å². The van der Waals surface area contributed by atoms with Gasteiger partial charge in [0.25, 0.3) is 0 Å². The van der Waals surface area contributed by atoms with Crippen LogP contribution in [0.5, 0.6) is 0 Å². The van der Waals surface area contributed by atoms with Gasteiger partial charge in [-0.2, -0.15) is 0 Å². The van der Waals surface area contributed by atoms with E-state index in [4.69, 9.17) is 0 Å². The van der Waals surface area contributed by atoms with Gasteiger partial charge in [-0.3, -0.25) is 0 Å². The van der Waals surface area contributed by atoms with E-state index in [0.717, 1.165) is 5.92 Å². The van der Waals surface area contributed by atoms with Crippen LogP contribution >= 0.6 is 11.8 Å². The molecule has 15 heavy (non-hydrogen) atoms. The highest BCUT2D eigenvalue weighted by molar-refractivity contribution is 8.06. The Labute approximate surface area is 97.2 Å². The Kier molecular flexibility index (Phi) is 2.68. The van der Waals surface area contributed by atoms with Crippen LogP contribution in [0.4, 0.5) is 0 Å². The minimum atomic E-state index is 0.803. The first kappa shape index (κ1) is 10.0. The Balaban J connectivity index is 1.93. The second-order valence-electron chi connectivity index (χ2n) is 5.13. The summed E-state index contributed by atoms with van der Waals surface area (Å²) in [4.78, 5) is 3.52. The minimum Gasteiger partial charge on any atom is -0.0991 e. The quantitative estimate of drug-likeness (QED) is 0.552. The summed E-state index contributed by atoms with van der Waals surface area (Å²) in [5.74, 6) is 0.803. The van der Waals surface area contributed by atoms with E-state index < -0.39 is 0 Å². The molecule has 0 unspecified atom stereocenters. The first-order chi connectivity index (χ1) is 7.36. The normalized spacial score (nSPS) is 27.8. The topological polar surface area (TPSA) is 0 Å². The summed E-state index contributed by atoms with van der Waals surface area (Å²) in [7, 11) is 0. The Morgan fingerprint density at radius 2 is 1.27 bits per heavy atom. The van der Waals surface area contributed by atoms with Gasteiger partial charge in [-0.25, -0.2) is 0 Å². The summed E-state index contributed by atoms with van der Waals surface area (Å²) in [6.45, 7) is 2.46. The molecule has 82 valence electrons. The van der Waals surface area contributed by atoms with Gasteiger partial charge in [-0.1, -0.05) is 29.8 Å². The molecular formula is C14H20S. The molecule has 0 saturated heterocycles. The molecule has 0 amide bonds. The molecule has 0 N–H and O–H groups in total. The van der Waals surface area contributed by atoms with E-state index in [1.54, 1.807) is 9.81 Å². The van der Waals surface area contributed by atoms with E-state index in [0.29, 0.717) is 0 Å². The monoisotopic (exact) mass is 220 g/mol. The molecule has 3 rings (SSSR count). The summed E-state index contributed by atoms with van der Waals surface area (Å²) < 4.78 is 0. The molecular weight excluding hydrogens is 200 g/mol. The molecule has 1 heterocycles. The average molecular weight is 220 g/mol. The van der Waals surface area contributed by atoms with Crippen LogP contribution in [0.2, 0.25) is 0 Å². The van der Waals surface area contributed by atoms with Crippen molar-refractivity contribution >= 4 is 11.8 Å². The molecule has 0 aromatic rings. The summed E-state index contributed by atoms with van der Waals surface area (Å²) in [5, 5.41) is 0. The maximum Gasteiger partial charge on any atom is 0.0000605 e. The zero-order chi connectivity index (χ0) is 10.3. The van der Waals surface area contributed by atoms with E-state index in [1.165, 1.54) is 51.4 Å². The van der Waals surface area contributed by atoms with Crippen molar-refractivity contribution in [3.8, 4) is 0 Å². The van der Waals surface area contributed by atoms with Crippen molar-refractivity contribution in [2.75, 3.05) is 0 Å². The van der Waals surface area contributed by atoms with Crippen molar-refractivity contribution in [2.24, 2.45) is 5.92 Å². The molecule has 2 aliphatic carbocycles. The van der Waals surface area contributed by atoms with Crippen LogP contribution in [-0.2, 0) is 0 Å². The van der Waals surface area contributed by atoms with E-state index in [2.05, 4.69) is 18.7 Å². The van der Waals surface area contributed by atoms with Crippen molar-refractivity contribution < 1.29 is 0 Å². The van der Waals surface area contributed by atoms with Crippen molar-refractivity contribution in [3.05, 3.63) is 21.0 Å². The smallest absolute Gasteiger partial charge is 0.0000605 e. The molecule has 0 aromatic carbocycles. The molecule has 1 aliphatic heterocycles. The van der Waals surface area contributed by atoms with Gasteiger partial charge in [0, 0.05) is 5.92 Å². The first-order valence-corrected chi connectivity index (χ1v) is 7.29. The Hall–Kier alpha value is -0.170. The molecule has 0 saturated carbocycles. The summed E-state index contributed by atoms with van der Waals surface area (Å²) in [6.07, 6.45) is 11.3. The lowest BCUT2D eigenvalue weighted by atomic mass is 9.81. The van der Waals surface area contributed by atoms with Crippen LogP contribution in [0.25, 0.3) is 0 Å². The van der Waals surface area contributed by atoms with E-state index in [9.17, 15) is 0 Å². The van der Waals surface area contributed by atoms with Gasteiger partial charge < -0.3 is 0 Å². The fraction of sp³-hybridized carbons (Fsp3) is 0.714. The molecule has 1 heteroatoms. The predicted molar refractivity (Wildman–Crippen MR) is 67.7 cm³/mol. The van der Waals surface area contributed by atoms with Crippen LogP contribution in [0.15, 0.2) is 21.0 Å². The van der Waals surface area contributed by atoms with Crippen LogP contribution in [0, 0.1) is 5.92 Å². The largest absolute Gasteiger partial charge is 0.0991 e. The van der Waals surface area contributed by atoms with Gasteiger partial charge in [-0.15, -0.1) is 0 Å². The van der Waals surface area contributed by atoms with Crippen molar-refractivity contribution in [3.63, 3.8) is 0 Å². The number of rotatable bonds is 0. The number of hydrogen-bond donors (Lipinski definition) is 0.